The van der Waals surface area contributed by atoms with Crippen molar-refractivity contribution in [3.63, 3.8) is 0 Å². The van der Waals surface area contributed by atoms with E-state index in [0.29, 0.717) is 12.2 Å². The average molecular weight is 231 g/mol. The van der Waals surface area contributed by atoms with E-state index in [4.69, 9.17) is 5.73 Å². The van der Waals surface area contributed by atoms with Crippen LogP contribution in [0.3, 0.4) is 0 Å². The predicted molar refractivity (Wildman–Crippen MR) is 67.2 cm³/mol. The van der Waals surface area contributed by atoms with E-state index in [2.05, 4.69) is 4.98 Å². The molecule has 0 atom stereocenters. The summed E-state index contributed by atoms with van der Waals surface area (Å²) in [5, 5.41) is 0. The van der Waals surface area contributed by atoms with Gasteiger partial charge in [0, 0.05) is 26.0 Å². The molecule has 1 aromatic carbocycles. The second-order valence-electron chi connectivity index (χ2n) is 3.89. The molecule has 17 heavy (non-hydrogen) atoms. The van der Waals surface area contributed by atoms with Crippen LogP contribution in [0.5, 0.6) is 0 Å². The highest BCUT2D eigenvalue weighted by Crippen LogP contribution is 2.25. The van der Waals surface area contributed by atoms with Gasteiger partial charge in [0.15, 0.2) is 0 Å². The van der Waals surface area contributed by atoms with Gasteiger partial charge in [-0.15, -0.1) is 0 Å². The van der Waals surface area contributed by atoms with Crippen molar-refractivity contribution < 1.29 is 4.39 Å². The minimum Gasteiger partial charge on any atom is -0.395 e. The SMILES string of the molecule is CN(Cc1cccnc1)c1cccc(F)c1N. The van der Waals surface area contributed by atoms with Crippen LogP contribution < -0.4 is 10.6 Å². The molecule has 0 radical (unpaired) electrons. The smallest absolute Gasteiger partial charge is 0.148 e. The molecule has 0 aliphatic rings. The fourth-order valence-electron chi connectivity index (χ4n) is 1.71. The fourth-order valence-corrected chi connectivity index (χ4v) is 1.71. The second-order valence-corrected chi connectivity index (χ2v) is 3.89. The first-order chi connectivity index (χ1) is 8.18. The quantitative estimate of drug-likeness (QED) is 0.825. The van der Waals surface area contributed by atoms with Crippen molar-refractivity contribution in [2.75, 3.05) is 17.7 Å². The molecule has 0 bridgehead atoms. The molecule has 88 valence electrons. The Hall–Kier alpha value is -2.10. The standard InChI is InChI=1S/C13H14FN3/c1-17(9-10-4-3-7-16-8-10)12-6-2-5-11(14)13(12)15/h2-8H,9,15H2,1H3. The number of halogens is 1. The molecule has 2 N–H and O–H groups in total. The lowest BCUT2D eigenvalue weighted by Gasteiger charge is -2.21. The summed E-state index contributed by atoms with van der Waals surface area (Å²) in [7, 11) is 1.87. The number of rotatable bonds is 3. The van der Waals surface area contributed by atoms with Crippen LogP contribution in [0.2, 0.25) is 0 Å². The Morgan fingerprint density at radius 1 is 1.29 bits per heavy atom. The van der Waals surface area contributed by atoms with E-state index in [1.807, 2.05) is 24.1 Å². The highest BCUT2D eigenvalue weighted by molar-refractivity contribution is 5.67. The van der Waals surface area contributed by atoms with E-state index in [-0.39, 0.29) is 11.5 Å². The number of anilines is 2. The predicted octanol–water partition coefficient (Wildman–Crippen LogP) is 2.44. The van der Waals surface area contributed by atoms with E-state index in [9.17, 15) is 4.39 Å². The zero-order valence-corrected chi connectivity index (χ0v) is 9.60. The molecule has 0 unspecified atom stereocenters. The maximum absolute atomic E-state index is 13.3. The van der Waals surface area contributed by atoms with Crippen molar-refractivity contribution >= 4 is 11.4 Å². The summed E-state index contributed by atoms with van der Waals surface area (Å²) < 4.78 is 13.3. The van der Waals surface area contributed by atoms with Crippen molar-refractivity contribution in [1.82, 2.24) is 4.98 Å². The molecule has 1 aromatic heterocycles. The van der Waals surface area contributed by atoms with Crippen molar-refractivity contribution in [3.05, 3.63) is 54.1 Å². The van der Waals surface area contributed by atoms with Crippen molar-refractivity contribution in [3.8, 4) is 0 Å². The summed E-state index contributed by atoms with van der Waals surface area (Å²) in [4.78, 5) is 5.94. The topological polar surface area (TPSA) is 42.2 Å². The van der Waals surface area contributed by atoms with Gasteiger partial charge >= 0.3 is 0 Å². The number of nitrogens with zero attached hydrogens (tertiary/aromatic N) is 2. The lowest BCUT2D eigenvalue weighted by Crippen LogP contribution is -2.18. The van der Waals surface area contributed by atoms with Crippen LogP contribution in [0.25, 0.3) is 0 Å². The summed E-state index contributed by atoms with van der Waals surface area (Å²) in [5.74, 6) is -0.388. The first kappa shape index (κ1) is 11.4. The van der Waals surface area contributed by atoms with Gasteiger partial charge in [0.2, 0.25) is 0 Å². The van der Waals surface area contributed by atoms with Crippen molar-refractivity contribution in [1.29, 1.82) is 0 Å². The largest absolute Gasteiger partial charge is 0.395 e. The minimum absolute atomic E-state index is 0.180. The molecule has 3 nitrogen and oxygen atoms in total. The highest BCUT2D eigenvalue weighted by atomic mass is 19.1. The van der Waals surface area contributed by atoms with E-state index in [1.54, 1.807) is 24.5 Å². The van der Waals surface area contributed by atoms with Gasteiger partial charge in [-0.2, -0.15) is 0 Å². The van der Waals surface area contributed by atoms with Crippen LogP contribution in [-0.2, 0) is 6.54 Å². The number of pyridine rings is 1. The molecule has 2 rings (SSSR count). The molecule has 4 heteroatoms. The molecule has 1 heterocycles. The molecular weight excluding hydrogens is 217 g/mol. The van der Waals surface area contributed by atoms with E-state index in [1.165, 1.54) is 6.07 Å². The molecule has 0 saturated heterocycles. The van der Waals surface area contributed by atoms with E-state index < -0.39 is 0 Å². The monoisotopic (exact) mass is 231 g/mol. The van der Waals surface area contributed by atoms with Gasteiger partial charge in [0.25, 0.3) is 0 Å². The average Bonchev–Trinajstić information content (AvgIpc) is 2.34. The Kier molecular flexibility index (Phi) is 3.23. The molecule has 0 aliphatic heterocycles. The minimum atomic E-state index is -0.388. The second kappa shape index (κ2) is 4.82. The zero-order chi connectivity index (χ0) is 12.3. The van der Waals surface area contributed by atoms with Gasteiger partial charge in [0.05, 0.1) is 11.4 Å². The first-order valence-electron chi connectivity index (χ1n) is 5.32. The molecule has 0 fully saturated rings. The third-order valence-electron chi connectivity index (χ3n) is 2.58. The zero-order valence-electron chi connectivity index (χ0n) is 9.60. The van der Waals surface area contributed by atoms with Gasteiger partial charge < -0.3 is 10.6 Å². The molecule has 2 aromatic rings. The van der Waals surface area contributed by atoms with Crippen LogP contribution in [-0.4, -0.2) is 12.0 Å². The number of nitrogens with two attached hydrogens (primary N) is 1. The van der Waals surface area contributed by atoms with Gasteiger partial charge in [-0.1, -0.05) is 12.1 Å². The number of hydrogen-bond donors (Lipinski definition) is 1. The summed E-state index contributed by atoms with van der Waals surface area (Å²) in [6, 6.07) is 8.66. The van der Waals surface area contributed by atoms with Crippen LogP contribution in [0.1, 0.15) is 5.56 Å². The van der Waals surface area contributed by atoms with Crippen LogP contribution in [0, 0.1) is 5.82 Å². The summed E-state index contributed by atoms with van der Waals surface area (Å²) in [5.41, 5.74) is 7.63. The molecule has 0 amide bonds. The Morgan fingerprint density at radius 3 is 2.82 bits per heavy atom. The van der Waals surface area contributed by atoms with Crippen molar-refractivity contribution in [2.24, 2.45) is 0 Å². The number of hydrogen-bond acceptors (Lipinski definition) is 3. The van der Waals surface area contributed by atoms with Gasteiger partial charge in [-0.25, -0.2) is 4.39 Å². The Bertz CT molecular complexity index is 499. The lowest BCUT2D eigenvalue weighted by atomic mass is 10.2. The third-order valence-corrected chi connectivity index (χ3v) is 2.58. The molecule has 0 spiro atoms. The van der Waals surface area contributed by atoms with Crippen molar-refractivity contribution in [2.45, 2.75) is 6.54 Å². The summed E-state index contributed by atoms with van der Waals surface area (Å²) in [6.45, 7) is 0.640. The van der Waals surface area contributed by atoms with Crippen LogP contribution >= 0.6 is 0 Å². The highest BCUT2D eigenvalue weighted by Gasteiger charge is 2.09. The normalized spacial score (nSPS) is 10.2. The Morgan fingerprint density at radius 2 is 2.12 bits per heavy atom. The Labute approximate surface area is 99.7 Å². The number of aromatic nitrogens is 1. The first-order valence-corrected chi connectivity index (χ1v) is 5.32. The maximum Gasteiger partial charge on any atom is 0.148 e. The molecule has 0 saturated carbocycles. The van der Waals surface area contributed by atoms with Crippen LogP contribution in [0.15, 0.2) is 42.7 Å². The fraction of sp³-hybridized carbons (Fsp3) is 0.154. The van der Waals surface area contributed by atoms with Gasteiger partial charge in [-0.05, 0) is 23.8 Å². The van der Waals surface area contributed by atoms with Gasteiger partial charge in [-0.3, -0.25) is 4.98 Å². The molecule has 0 aliphatic carbocycles. The number of nitrogen functional groups attached to an aromatic ring is 1. The Balaban J connectivity index is 2.20. The lowest BCUT2D eigenvalue weighted by molar-refractivity contribution is 0.632. The number of benzene rings is 1. The van der Waals surface area contributed by atoms with Crippen LogP contribution in [0.4, 0.5) is 15.8 Å². The van der Waals surface area contributed by atoms with E-state index >= 15 is 0 Å². The summed E-state index contributed by atoms with van der Waals surface area (Å²) >= 11 is 0. The van der Waals surface area contributed by atoms with Gasteiger partial charge in [0.1, 0.15) is 5.82 Å². The number of para-hydroxylation sites is 1. The maximum atomic E-state index is 13.3. The third kappa shape index (κ3) is 2.53. The summed E-state index contributed by atoms with van der Waals surface area (Å²) in [6.07, 6.45) is 3.51. The van der Waals surface area contributed by atoms with E-state index in [0.717, 1.165) is 5.56 Å². The molecular formula is C13H14FN3.